The number of carbonyl (C=O) groups is 1. The number of nitrogens with one attached hydrogen (secondary N) is 2. The van der Waals surface area contributed by atoms with Crippen LogP contribution in [0, 0.1) is 10.1 Å². The zero-order valence-electron chi connectivity index (χ0n) is 12.5. The number of hydrogen-bond acceptors (Lipinski definition) is 6. The molecular formula is C15H13N3O4S2. The van der Waals surface area contributed by atoms with Crippen molar-refractivity contribution in [2.24, 2.45) is 0 Å². The number of nitrogens with zero attached hydrogens (tertiary/aromatic N) is 1. The molecule has 7 nitrogen and oxygen atoms in total. The second-order valence-electron chi connectivity index (χ2n) is 4.43. The third kappa shape index (κ3) is 4.86. The minimum absolute atomic E-state index is 0.0379. The lowest BCUT2D eigenvalue weighted by atomic mass is 10.2. The summed E-state index contributed by atoms with van der Waals surface area (Å²) in [7, 11) is 1.41. The molecule has 1 amide bonds. The van der Waals surface area contributed by atoms with Crippen LogP contribution in [0.5, 0.6) is 5.75 Å². The summed E-state index contributed by atoms with van der Waals surface area (Å²) in [6.07, 6.45) is 2.99. The molecule has 0 spiro atoms. The molecule has 0 aliphatic carbocycles. The molecule has 0 saturated carbocycles. The lowest BCUT2D eigenvalue weighted by molar-refractivity contribution is -0.384. The number of ether oxygens (including phenoxy) is 1. The highest BCUT2D eigenvalue weighted by molar-refractivity contribution is 7.80. The van der Waals surface area contributed by atoms with E-state index >= 15 is 0 Å². The van der Waals surface area contributed by atoms with Crippen LogP contribution in [-0.4, -0.2) is 23.1 Å². The molecule has 1 heterocycles. The van der Waals surface area contributed by atoms with Crippen LogP contribution >= 0.6 is 23.6 Å². The first-order chi connectivity index (χ1) is 11.5. The van der Waals surface area contributed by atoms with Crippen molar-refractivity contribution >= 4 is 52.0 Å². The monoisotopic (exact) mass is 363 g/mol. The molecule has 0 radical (unpaired) electrons. The topological polar surface area (TPSA) is 93.5 Å². The Morgan fingerprint density at radius 3 is 2.83 bits per heavy atom. The van der Waals surface area contributed by atoms with Crippen LogP contribution in [0.1, 0.15) is 4.88 Å². The summed E-state index contributed by atoms with van der Waals surface area (Å²) in [6.45, 7) is 0. The van der Waals surface area contributed by atoms with Crippen molar-refractivity contribution in [2.75, 3.05) is 12.4 Å². The van der Waals surface area contributed by atoms with Gasteiger partial charge in [0, 0.05) is 11.0 Å². The minimum atomic E-state index is -0.564. The van der Waals surface area contributed by atoms with Crippen LogP contribution in [-0.2, 0) is 4.79 Å². The average Bonchev–Trinajstić information content (AvgIpc) is 3.06. The molecule has 124 valence electrons. The maximum atomic E-state index is 11.8. The molecular weight excluding hydrogens is 350 g/mol. The van der Waals surface area contributed by atoms with Crippen LogP contribution in [0.25, 0.3) is 6.08 Å². The van der Waals surface area contributed by atoms with E-state index in [-0.39, 0.29) is 16.5 Å². The average molecular weight is 363 g/mol. The van der Waals surface area contributed by atoms with Gasteiger partial charge in [0.25, 0.3) is 5.69 Å². The zero-order chi connectivity index (χ0) is 17.5. The van der Waals surface area contributed by atoms with Crippen molar-refractivity contribution in [3.63, 3.8) is 0 Å². The van der Waals surface area contributed by atoms with Gasteiger partial charge < -0.3 is 10.1 Å². The van der Waals surface area contributed by atoms with Crippen molar-refractivity contribution in [1.29, 1.82) is 0 Å². The van der Waals surface area contributed by atoms with Crippen molar-refractivity contribution in [3.8, 4) is 5.75 Å². The highest BCUT2D eigenvalue weighted by atomic mass is 32.1. The fourth-order valence-corrected chi connectivity index (χ4v) is 2.57. The fourth-order valence-electron chi connectivity index (χ4n) is 1.75. The highest BCUT2D eigenvalue weighted by Crippen LogP contribution is 2.28. The molecule has 2 rings (SSSR count). The van der Waals surface area contributed by atoms with Crippen LogP contribution in [0.3, 0.4) is 0 Å². The van der Waals surface area contributed by atoms with Gasteiger partial charge in [-0.25, -0.2) is 0 Å². The summed E-state index contributed by atoms with van der Waals surface area (Å²) in [5, 5.41) is 18.0. The van der Waals surface area contributed by atoms with Gasteiger partial charge in [-0.15, -0.1) is 11.3 Å². The molecule has 0 unspecified atom stereocenters. The number of hydrogen-bond donors (Lipinski definition) is 2. The number of carbonyl (C=O) groups excluding carboxylic acids is 1. The molecule has 24 heavy (non-hydrogen) atoms. The first-order valence-electron chi connectivity index (χ1n) is 6.65. The quantitative estimate of drug-likeness (QED) is 0.367. The standard InChI is InChI=1S/C15H13N3O4S2/c1-22-10-4-6-12(13(9-10)18(20)21)16-15(23)17-14(19)7-5-11-3-2-8-24-11/h2-9H,1H3,(H2,16,17,19,23)/b7-5+. The van der Waals surface area contributed by atoms with Crippen molar-refractivity contribution in [3.05, 3.63) is 56.8 Å². The maximum absolute atomic E-state index is 11.8. The summed E-state index contributed by atoms with van der Waals surface area (Å²) in [5.74, 6) is -0.0850. The molecule has 0 bridgehead atoms. The number of thiophene rings is 1. The fraction of sp³-hybridized carbons (Fsp3) is 0.0667. The summed E-state index contributed by atoms with van der Waals surface area (Å²) in [4.78, 5) is 23.2. The van der Waals surface area contributed by atoms with E-state index in [0.29, 0.717) is 5.75 Å². The molecule has 0 atom stereocenters. The third-order valence-corrected chi connectivity index (χ3v) is 3.87. The molecule has 1 aromatic heterocycles. The van der Waals surface area contributed by atoms with Gasteiger partial charge in [-0.3, -0.25) is 20.2 Å². The van der Waals surface area contributed by atoms with Gasteiger partial charge in [0.05, 0.1) is 18.1 Å². The van der Waals surface area contributed by atoms with E-state index in [9.17, 15) is 14.9 Å². The van der Waals surface area contributed by atoms with E-state index in [1.807, 2.05) is 17.5 Å². The highest BCUT2D eigenvalue weighted by Gasteiger charge is 2.16. The Morgan fingerprint density at radius 2 is 2.21 bits per heavy atom. The van der Waals surface area contributed by atoms with Crippen LogP contribution < -0.4 is 15.4 Å². The number of benzene rings is 1. The summed E-state index contributed by atoms with van der Waals surface area (Å²) < 4.78 is 4.95. The summed E-state index contributed by atoms with van der Waals surface area (Å²) >= 11 is 6.50. The second-order valence-corrected chi connectivity index (χ2v) is 5.82. The normalized spacial score (nSPS) is 10.4. The SMILES string of the molecule is COc1ccc(NC(=S)NC(=O)/C=C/c2cccs2)c([N+](=O)[O-])c1. The van der Waals surface area contributed by atoms with Crippen LogP contribution in [0.15, 0.2) is 41.8 Å². The van der Waals surface area contributed by atoms with E-state index in [0.717, 1.165) is 4.88 Å². The van der Waals surface area contributed by atoms with Gasteiger partial charge >= 0.3 is 0 Å². The number of amides is 1. The lowest BCUT2D eigenvalue weighted by Gasteiger charge is -2.09. The lowest BCUT2D eigenvalue weighted by Crippen LogP contribution is -2.33. The van der Waals surface area contributed by atoms with Gasteiger partial charge in [-0.1, -0.05) is 6.07 Å². The maximum Gasteiger partial charge on any atom is 0.296 e. The largest absolute Gasteiger partial charge is 0.496 e. The summed E-state index contributed by atoms with van der Waals surface area (Å²) in [6, 6.07) is 8.01. The first-order valence-corrected chi connectivity index (χ1v) is 7.94. The minimum Gasteiger partial charge on any atom is -0.496 e. The Kier molecular flexibility index (Phi) is 5.99. The van der Waals surface area contributed by atoms with Gasteiger partial charge in [0.2, 0.25) is 5.91 Å². The Balaban J connectivity index is 2.01. The molecule has 2 aromatic rings. The van der Waals surface area contributed by atoms with Crippen molar-refractivity contribution < 1.29 is 14.5 Å². The van der Waals surface area contributed by atoms with Gasteiger partial charge in [-0.2, -0.15) is 0 Å². The van der Waals surface area contributed by atoms with Crippen molar-refractivity contribution in [2.45, 2.75) is 0 Å². The number of nitro groups is 1. The Labute approximate surface area is 147 Å². The van der Waals surface area contributed by atoms with E-state index in [2.05, 4.69) is 10.6 Å². The number of methoxy groups -OCH3 is 1. The Morgan fingerprint density at radius 1 is 1.42 bits per heavy atom. The molecule has 1 aromatic carbocycles. The predicted molar refractivity (Wildman–Crippen MR) is 97.4 cm³/mol. The van der Waals surface area contributed by atoms with E-state index in [1.165, 1.54) is 36.7 Å². The van der Waals surface area contributed by atoms with Crippen LogP contribution in [0.2, 0.25) is 0 Å². The Hall–Kier alpha value is -2.78. The van der Waals surface area contributed by atoms with Gasteiger partial charge in [-0.05, 0) is 41.9 Å². The third-order valence-electron chi connectivity index (χ3n) is 2.83. The molecule has 0 saturated heterocycles. The molecule has 2 N–H and O–H groups in total. The number of nitro benzene ring substituents is 1. The van der Waals surface area contributed by atoms with E-state index in [4.69, 9.17) is 17.0 Å². The van der Waals surface area contributed by atoms with Crippen LogP contribution in [0.4, 0.5) is 11.4 Å². The Bertz CT molecular complexity index is 788. The zero-order valence-corrected chi connectivity index (χ0v) is 14.1. The first kappa shape index (κ1) is 17.6. The molecule has 9 heteroatoms. The summed E-state index contributed by atoms with van der Waals surface area (Å²) in [5.41, 5.74) is -0.0478. The van der Waals surface area contributed by atoms with E-state index in [1.54, 1.807) is 12.1 Å². The molecule has 0 aliphatic heterocycles. The van der Waals surface area contributed by atoms with Crippen molar-refractivity contribution in [1.82, 2.24) is 5.32 Å². The van der Waals surface area contributed by atoms with Gasteiger partial charge in [0.1, 0.15) is 11.4 Å². The number of rotatable bonds is 5. The second kappa shape index (κ2) is 8.18. The number of anilines is 1. The van der Waals surface area contributed by atoms with Gasteiger partial charge in [0.15, 0.2) is 5.11 Å². The molecule has 0 fully saturated rings. The smallest absolute Gasteiger partial charge is 0.296 e. The predicted octanol–water partition coefficient (Wildman–Crippen LogP) is 3.19. The van der Waals surface area contributed by atoms with E-state index < -0.39 is 10.8 Å². The number of thiocarbonyl (C=S) groups is 1. The molecule has 0 aliphatic rings.